The fraction of sp³-hybridized carbons (Fsp3) is 0.120. The maximum atomic E-state index is 13.4. The molecular formula is C25H21ClN2O4. The molecule has 162 valence electrons. The highest BCUT2D eigenvalue weighted by Gasteiger charge is 2.26. The zero-order chi connectivity index (χ0) is 22.8. The van der Waals surface area contributed by atoms with E-state index in [9.17, 15) is 9.59 Å². The Hall–Kier alpha value is -3.77. The molecule has 2 aromatic carbocycles. The number of benzene rings is 2. The van der Waals surface area contributed by atoms with Crippen LogP contribution in [0, 0.1) is 6.92 Å². The molecule has 0 spiro atoms. The Kier molecular flexibility index (Phi) is 5.88. The molecule has 0 bridgehead atoms. The SMILES string of the molecule is COc1cc(NC(=O)C(=O)c2c(-c3ccc(C)cc3)cc3ccccn23)c(OC)cc1Cl. The van der Waals surface area contributed by atoms with E-state index >= 15 is 0 Å². The third-order valence-corrected chi connectivity index (χ3v) is 5.48. The third kappa shape index (κ3) is 3.92. The quantitative estimate of drug-likeness (QED) is 0.316. The topological polar surface area (TPSA) is 69.0 Å². The lowest BCUT2D eigenvalue weighted by molar-refractivity contribution is -0.112. The van der Waals surface area contributed by atoms with Crippen LogP contribution in [0.25, 0.3) is 16.6 Å². The first-order valence-electron chi connectivity index (χ1n) is 9.87. The van der Waals surface area contributed by atoms with Crippen LogP contribution in [0.4, 0.5) is 5.69 Å². The van der Waals surface area contributed by atoms with Crippen LogP contribution in [0.2, 0.25) is 5.02 Å². The molecule has 0 aliphatic rings. The van der Waals surface area contributed by atoms with E-state index in [1.807, 2.05) is 55.5 Å². The van der Waals surface area contributed by atoms with Crippen molar-refractivity contribution in [2.45, 2.75) is 6.92 Å². The maximum absolute atomic E-state index is 13.4. The second-order valence-electron chi connectivity index (χ2n) is 7.24. The molecule has 0 radical (unpaired) electrons. The first-order chi connectivity index (χ1) is 15.4. The van der Waals surface area contributed by atoms with Crippen LogP contribution < -0.4 is 14.8 Å². The summed E-state index contributed by atoms with van der Waals surface area (Å²) < 4.78 is 12.2. The predicted molar refractivity (Wildman–Crippen MR) is 125 cm³/mol. The number of pyridine rings is 1. The van der Waals surface area contributed by atoms with Gasteiger partial charge in [-0.05, 0) is 30.7 Å². The van der Waals surface area contributed by atoms with E-state index in [1.165, 1.54) is 26.4 Å². The number of anilines is 1. The fourth-order valence-electron chi connectivity index (χ4n) is 3.55. The monoisotopic (exact) mass is 448 g/mol. The number of nitrogens with one attached hydrogen (secondary N) is 1. The fourth-order valence-corrected chi connectivity index (χ4v) is 3.78. The number of hydrogen-bond acceptors (Lipinski definition) is 4. The minimum atomic E-state index is -0.801. The van der Waals surface area contributed by atoms with Crippen LogP contribution in [0.5, 0.6) is 11.5 Å². The van der Waals surface area contributed by atoms with Crippen LogP contribution in [0.3, 0.4) is 0 Å². The number of rotatable bonds is 6. The zero-order valence-corrected chi connectivity index (χ0v) is 18.6. The van der Waals surface area contributed by atoms with Gasteiger partial charge < -0.3 is 19.2 Å². The van der Waals surface area contributed by atoms with Crippen LogP contribution in [0.1, 0.15) is 16.1 Å². The van der Waals surface area contributed by atoms with Crippen molar-refractivity contribution >= 4 is 34.5 Å². The molecule has 1 amide bonds. The van der Waals surface area contributed by atoms with Crippen molar-refractivity contribution < 1.29 is 19.1 Å². The van der Waals surface area contributed by atoms with Crippen LogP contribution in [0.15, 0.2) is 66.9 Å². The summed E-state index contributed by atoms with van der Waals surface area (Å²) in [4.78, 5) is 26.4. The molecule has 2 heterocycles. The van der Waals surface area contributed by atoms with Gasteiger partial charge in [0.1, 0.15) is 17.2 Å². The number of halogens is 1. The summed E-state index contributed by atoms with van der Waals surface area (Å²) in [5.41, 5.74) is 4.00. The van der Waals surface area contributed by atoms with Gasteiger partial charge in [0, 0.05) is 29.4 Å². The summed E-state index contributed by atoms with van der Waals surface area (Å²) in [5.74, 6) is -0.813. The number of nitrogens with zero attached hydrogens (tertiary/aromatic N) is 1. The van der Waals surface area contributed by atoms with Gasteiger partial charge in [0.2, 0.25) is 0 Å². The summed E-state index contributed by atoms with van der Waals surface area (Å²) in [6.45, 7) is 1.99. The lowest BCUT2D eigenvalue weighted by Crippen LogP contribution is -2.25. The van der Waals surface area contributed by atoms with Crippen LogP contribution in [-0.2, 0) is 4.79 Å². The van der Waals surface area contributed by atoms with Crippen molar-refractivity contribution in [3.8, 4) is 22.6 Å². The number of ketones is 1. The average molecular weight is 449 g/mol. The average Bonchev–Trinajstić information content (AvgIpc) is 3.19. The highest BCUT2D eigenvalue weighted by Crippen LogP contribution is 2.36. The molecule has 2 aromatic heterocycles. The van der Waals surface area contributed by atoms with Crippen molar-refractivity contribution in [2.24, 2.45) is 0 Å². The van der Waals surface area contributed by atoms with E-state index in [0.29, 0.717) is 22.1 Å². The Morgan fingerprint density at radius 2 is 1.66 bits per heavy atom. The lowest BCUT2D eigenvalue weighted by atomic mass is 10.0. The molecule has 0 saturated heterocycles. The Balaban J connectivity index is 1.77. The van der Waals surface area contributed by atoms with E-state index in [-0.39, 0.29) is 11.4 Å². The maximum Gasteiger partial charge on any atom is 0.298 e. The summed E-state index contributed by atoms with van der Waals surface area (Å²) in [7, 11) is 2.91. The van der Waals surface area contributed by atoms with Gasteiger partial charge >= 0.3 is 0 Å². The number of carbonyl (C=O) groups excluding carboxylic acids is 2. The van der Waals surface area contributed by atoms with Gasteiger partial charge in [0.05, 0.1) is 24.9 Å². The zero-order valence-electron chi connectivity index (χ0n) is 17.8. The first kappa shape index (κ1) is 21.5. The van der Waals surface area contributed by atoms with Crippen molar-refractivity contribution in [1.82, 2.24) is 4.40 Å². The van der Waals surface area contributed by atoms with Gasteiger partial charge in [-0.2, -0.15) is 0 Å². The molecule has 6 nitrogen and oxygen atoms in total. The minimum absolute atomic E-state index is 0.279. The van der Waals surface area contributed by atoms with Crippen LogP contribution in [-0.4, -0.2) is 30.3 Å². The van der Waals surface area contributed by atoms with Crippen molar-refractivity contribution in [3.63, 3.8) is 0 Å². The number of methoxy groups -OCH3 is 2. The summed E-state index contributed by atoms with van der Waals surface area (Å²) in [5, 5.41) is 2.97. The highest BCUT2D eigenvalue weighted by molar-refractivity contribution is 6.47. The Morgan fingerprint density at radius 1 is 0.938 bits per heavy atom. The van der Waals surface area contributed by atoms with Gasteiger partial charge in [0.15, 0.2) is 0 Å². The van der Waals surface area contributed by atoms with E-state index in [4.69, 9.17) is 21.1 Å². The number of aryl methyl sites for hydroxylation is 1. The number of amides is 1. The second kappa shape index (κ2) is 8.77. The molecule has 0 unspecified atom stereocenters. The molecule has 0 saturated carbocycles. The normalized spacial score (nSPS) is 10.8. The molecular weight excluding hydrogens is 428 g/mol. The molecule has 0 aliphatic heterocycles. The molecule has 1 N–H and O–H groups in total. The number of ether oxygens (including phenoxy) is 2. The predicted octanol–water partition coefficient (Wildman–Crippen LogP) is 5.41. The third-order valence-electron chi connectivity index (χ3n) is 5.19. The molecule has 0 aliphatic carbocycles. The number of hydrogen-bond donors (Lipinski definition) is 1. The smallest absolute Gasteiger partial charge is 0.298 e. The molecule has 4 rings (SSSR count). The van der Waals surface area contributed by atoms with Crippen molar-refractivity contribution in [2.75, 3.05) is 19.5 Å². The molecule has 4 aromatic rings. The summed E-state index contributed by atoms with van der Waals surface area (Å²) >= 11 is 6.14. The minimum Gasteiger partial charge on any atom is -0.495 e. The summed E-state index contributed by atoms with van der Waals surface area (Å²) in [6.07, 6.45) is 1.76. The molecule has 32 heavy (non-hydrogen) atoms. The summed E-state index contributed by atoms with van der Waals surface area (Å²) in [6, 6.07) is 18.3. The lowest BCUT2D eigenvalue weighted by Gasteiger charge is -2.13. The van der Waals surface area contributed by atoms with Crippen molar-refractivity contribution in [3.05, 3.63) is 83.1 Å². The number of carbonyl (C=O) groups is 2. The van der Waals surface area contributed by atoms with Gasteiger partial charge in [-0.15, -0.1) is 0 Å². The Labute approximate surface area is 190 Å². The van der Waals surface area contributed by atoms with Gasteiger partial charge in [-0.1, -0.05) is 47.5 Å². The molecule has 7 heteroatoms. The van der Waals surface area contributed by atoms with E-state index in [1.54, 1.807) is 10.6 Å². The molecule has 0 fully saturated rings. The van der Waals surface area contributed by atoms with Crippen LogP contribution >= 0.6 is 11.6 Å². The highest BCUT2D eigenvalue weighted by atomic mass is 35.5. The van der Waals surface area contributed by atoms with Crippen molar-refractivity contribution in [1.29, 1.82) is 0 Å². The van der Waals surface area contributed by atoms with Gasteiger partial charge in [-0.3, -0.25) is 9.59 Å². The largest absolute Gasteiger partial charge is 0.495 e. The number of aromatic nitrogens is 1. The van der Waals surface area contributed by atoms with Gasteiger partial charge in [0.25, 0.3) is 11.7 Å². The second-order valence-corrected chi connectivity index (χ2v) is 7.65. The van der Waals surface area contributed by atoms with E-state index < -0.39 is 11.7 Å². The van der Waals surface area contributed by atoms with Gasteiger partial charge in [-0.25, -0.2) is 0 Å². The Bertz CT molecular complexity index is 1330. The van der Waals surface area contributed by atoms with E-state index in [2.05, 4.69) is 5.32 Å². The number of Topliss-reactive ketones (excluding diaryl/α,β-unsaturated/α-hetero) is 1. The Morgan fingerprint density at radius 3 is 2.34 bits per heavy atom. The van der Waals surface area contributed by atoms with E-state index in [0.717, 1.165) is 16.6 Å². The molecule has 0 atom stereocenters. The standard InChI is InChI=1S/C25H21ClN2O4/c1-15-7-9-16(10-8-15)18-12-17-6-4-5-11-28(17)23(18)24(29)25(30)27-20-14-21(31-2)19(26)13-22(20)32-3/h4-14H,1-3H3,(H,27,30). The first-order valence-corrected chi connectivity index (χ1v) is 10.2. The number of fused-ring (bicyclic) bond motifs is 1.